The highest BCUT2D eigenvalue weighted by Crippen LogP contribution is 2.39. The zero-order valence-corrected chi connectivity index (χ0v) is 21.0. The molecule has 196 valence electrons. The second-order valence-electron chi connectivity index (χ2n) is 9.12. The quantitative estimate of drug-likeness (QED) is 0.510. The highest BCUT2D eigenvalue weighted by atomic mass is 32.2. The van der Waals surface area contributed by atoms with E-state index in [4.69, 9.17) is 5.11 Å². The van der Waals surface area contributed by atoms with Crippen molar-refractivity contribution in [2.24, 2.45) is 0 Å². The normalized spacial score (nSPS) is 17.2. The van der Waals surface area contributed by atoms with Crippen LogP contribution >= 0.6 is 0 Å². The number of alkyl halides is 3. The number of nitriles is 1. The van der Waals surface area contributed by atoms with E-state index in [0.29, 0.717) is 16.8 Å². The molecule has 1 aliphatic heterocycles. The van der Waals surface area contributed by atoms with Gasteiger partial charge in [-0.3, -0.25) is 4.90 Å². The maximum absolute atomic E-state index is 14.1. The van der Waals surface area contributed by atoms with E-state index in [9.17, 15) is 32.0 Å². The van der Waals surface area contributed by atoms with Crippen LogP contribution in [-0.4, -0.2) is 80.4 Å². The number of nitrogens with zero attached hydrogens (tertiary/aromatic N) is 3. The van der Waals surface area contributed by atoms with Crippen molar-refractivity contribution in [3.8, 4) is 6.07 Å². The number of rotatable bonds is 8. The Labute approximate surface area is 209 Å². The first kappa shape index (κ1) is 27.9. The van der Waals surface area contributed by atoms with Gasteiger partial charge >= 0.3 is 6.18 Å². The number of fused-ring (bicyclic) bond motifs is 1. The summed E-state index contributed by atoms with van der Waals surface area (Å²) < 4.78 is 67.4. The van der Waals surface area contributed by atoms with Gasteiger partial charge in [0.15, 0.2) is 14.7 Å². The average molecular weight is 526 g/mol. The summed E-state index contributed by atoms with van der Waals surface area (Å²) in [5, 5.41) is 28.9. The molecule has 0 bridgehead atoms. The van der Waals surface area contributed by atoms with Crippen molar-refractivity contribution < 1.29 is 31.8 Å². The largest absolute Gasteiger partial charge is 0.418 e. The molecule has 11 heteroatoms. The Morgan fingerprint density at radius 2 is 1.69 bits per heavy atom. The van der Waals surface area contributed by atoms with Crippen LogP contribution in [0.1, 0.15) is 25.8 Å². The maximum atomic E-state index is 14.1. The van der Waals surface area contributed by atoms with E-state index < -0.39 is 56.9 Å². The summed E-state index contributed by atoms with van der Waals surface area (Å²) >= 11 is 0. The molecule has 1 atom stereocenters. The van der Waals surface area contributed by atoms with Crippen LogP contribution in [0.2, 0.25) is 0 Å². The van der Waals surface area contributed by atoms with E-state index in [1.807, 2.05) is 12.1 Å². The smallest absolute Gasteiger partial charge is 0.394 e. The molecule has 2 aromatic carbocycles. The Kier molecular flexibility index (Phi) is 8.67. The fraction of sp³-hybridized carbons (Fsp3) is 0.480. The highest BCUT2D eigenvalue weighted by molar-refractivity contribution is 7.95. The molecule has 1 saturated heterocycles. The maximum Gasteiger partial charge on any atom is 0.418 e. The van der Waals surface area contributed by atoms with Gasteiger partial charge in [-0.25, -0.2) is 8.42 Å². The molecule has 1 unspecified atom stereocenters. The number of aliphatic hydroxyl groups is 2. The molecule has 7 nitrogen and oxygen atoms in total. The van der Waals surface area contributed by atoms with Gasteiger partial charge in [0.1, 0.15) is 6.07 Å². The van der Waals surface area contributed by atoms with E-state index >= 15 is 0 Å². The number of aliphatic hydroxyl groups excluding tert-OH is 2. The van der Waals surface area contributed by atoms with Crippen LogP contribution in [-0.2, 0) is 9.84 Å². The van der Waals surface area contributed by atoms with Crippen LogP contribution in [0.25, 0.3) is 16.3 Å². The molecule has 2 N–H and O–H groups in total. The number of hydrogen-bond acceptors (Lipinski definition) is 7. The first-order valence-corrected chi connectivity index (χ1v) is 13.3. The van der Waals surface area contributed by atoms with Crippen LogP contribution in [0.3, 0.4) is 0 Å². The van der Waals surface area contributed by atoms with E-state index in [1.165, 1.54) is 24.3 Å². The third kappa shape index (κ3) is 6.37. The SMILES string of the molecule is CC(C)N1CCN(c2ccc3cc(/C(=C(\C#N)S(=O)(=O)CCC(O)CO)C(F)(F)F)ccc3c2)CC1. The average Bonchev–Trinajstić information content (AvgIpc) is 2.84. The highest BCUT2D eigenvalue weighted by Gasteiger charge is 2.41. The van der Waals surface area contributed by atoms with E-state index in [-0.39, 0.29) is 0 Å². The Balaban J connectivity index is 1.98. The van der Waals surface area contributed by atoms with E-state index in [0.717, 1.165) is 31.9 Å². The minimum atomic E-state index is -5.11. The topological polar surface area (TPSA) is 105 Å². The Hall–Kier alpha value is -2.65. The van der Waals surface area contributed by atoms with Crippen molar-refractivity contribution in [2.45, 2.75) is 38.6 Å². The van der Waals surface area contributed by atoms with Gasteiger partial charge in [0, 0.05) is 37.9 Å². The number of halogens is 3. The van der Waals surface area contributed by atoms with Crippen molar-refractivity contribution in [1.29, 1.82) is 5.26 Å². The number of sulfone groups is 1. The van der Waals surface area contributed by atoms with Crippen LogP contribution in [0.5, 0.6) is 0 Å². The van der Waals surface area contributed by atoms with Crippen LogP contribution < -0.4 is 4.90 Å². The van der Waals surface area contributed by atoms with Gasteiger partial charge in [-0.05, 0) is 54.8 Å². The fourth-order valence-corrected chi connectivity index (χ4v) is 5.74. The van der Waals surface area contributed by atoms with Crippen molar-refractivity contribution >= 4 is 31.9 Å². The standard InChI is InChI=1S/C25H30F3N3O4S/c1-17(2)30-8-10-31(11-9-30)21-6-5-18-13-20(4-3-19(18)14-21)24(25(26,27)28)23(15-29)36(34,35)12-7-22(33)16-32/h3-6,13-14,17,22,32-33H,7-12,16H2,1-2H3/b24-23-. The Morgan fingerprint density at radius 1 is 1.08 bits per heavy atom. The summed E-state index contributed by atoms with van der Waals surface area (Å²) in [5.74, 6) is -0.905. The predicted octanol–water partition coefficient (Wildman–Crippen LogP) is 3.33. The van der Waals surface area contributed by atoms with Crippen molar-refractivity contribution in [1.82, 2.24) is 4.90 Å². The van der Waals surface area contributed by atoms with Crippen LogP contribution in [0, 0.1) is 11.3 Å². The van der Waals surface area contributed by atoms with Crippen molar-refractivity contribution in [2.75, 3.05) is 43.4 Å². The second-order valence-corrected chi connectivity index (χ2v) is 11.2. The summed E-state index contributed by atoms with van der Waals surface area (Å²) in [4.78, 5) is 3.19. The molecular weight excluding hydrogens is 495 g/mol. The molecular formula is C25H30F3N3O4S. The minimum Gasteiger partial charge on any atom is -0.394 e. The molecule has 0 saturated carbocycles. The number of benzene rings is 2. The van der Waals surface area contributed by atoms with E-state index in [1.54, 1.807) is 6.07 Å². The summed E-state index contributed by atoms with van der Waals surface area (Å²) in [6.45, 7) is 7.04. The summed E-state index contributed by atoms with van der Waals surface area (Å²) in [6.07, 6.45) is -7.03. The molecule has 1 heterocycles. The third-order valence-electron chi connectivity index (χ3n) is 6.38. The fourth-order valence-electron chi connectivity index (χ4n) is 4.27. The lowest BCUT2D eigenvalue weighted by molar-refractivity contribution is -0.0690. The molecule has 2 aromatic rings. The number of piperazine rings is 1. The monoisotopic (exact) mass is 525 g/mol. The first-order chi connectivity index (χ1) is 16.9. The minimum absolute atomic E-state index is 0.434. The summed E-state index contributed by atoms with van der Waals surface area (Å²) in [7, 11) is -4.68. The molecule has 0 amide bonds. The summed E-state index contributed by atoms with van der Waals surface area (Å²) in [5.41, 5.74) is -1.02. The van der Waals surface area contributed by atoms with Crippen LogP contribution in [0.15, 0.2) is 41.3 Å². The number of anilines is 1. The van der Waals surface area contributed by atoms with Gasteiger partial charge in [0.25, 0.3) is 0 Å². The van der Waals surface area contributed by atoms with Gasteiger partial charge in [0.2, 0.25) is 0 Å². The first-order valence-electron chi connectivity index (χ1n) is 11.6. The molecule has 1 fully saturated rings. The predicted molar refractivity (Wildman–Crippen MR) is 133 cm³/mol. The van der Waals surface area contributed by atoms with Gasteiger partial charge in [0.05, 0.1) is 24.0 Å². The van der Waals surface area contributed by atoms with Crippen molar-refractivity contribution in [3.63, 3.8) is 0 Å². The molecule has 0 aliphatic carbocycles. The lowest BCUT2D eigenvalue weighted by atomic mass is 10.00. The Bertz CT molecular complexity index is 1260. The van der Waals surface area contributed by atoms with E-state index in [2.05, 4.69) is 23.6 Å². The zero-order chi connectivity index (χ0) is 26.7. The number of allylic oxidation sites excluding steroid dienone is 2. The molecule has 0 aromatic heterocycles. The second kappa shape index (κ2) is 11.2. The molecule has 0 radical (unpaired) electrons. The summed E-state index contributed by atoms with van der Waals surface area (Å²) in [6, 6.07) is 11.0. The lowest BCUT2D eigenvalue weighted by Gasteiger charge is -2.38. The number of hydrogen-bond donors (Lipinski definition) is 2. The molecule has 1 aliphatic rings. The molecule has 0 spiro atoms. The third-order valence-corrected chi connectivity index (χ3v) is 8.07. The molecule has 36 heavy (non-hydrogen) atoms. The Morgan fingerprint density at radius 3 is 2.25 bits per heavy atom. The van der Waals surface area contributed by atoms with Gasteiger partial charge in [-0.2, -0.15) is 18.4 Å². The van der Waals surface area contributed by atoms with Gasteiger partial charge in [-0.15, -0.1) is 0 Å². The van der Waals surface area contributed by atoms with Gasteiger partial charge < -0.3 is 15.1 Å². The lowest BCUT2D eigenvalue weighted by Crippen LogP contribution is -2.48. The molecule has 3 rings (SSSR count). The van der Waals surface area contributed by atoms with Crippen molar-refractivity contribution in [3.05, 3.63) is 46.9 Å². The van der Waals surface area contributed by atoms with Gasteiger partial charge in [-0.1, -0.05) is 18.2 Å². The van der Waals surface area contributed by atoms with Crippen LogP contribution in [0.4, 0.5) is 18.9 Å². The zero-order valence-electron chi connectivity index (χ0n) is 20.2.